The molecule has 4 aromatic carbocycles. The van der Waals surface area contributed by atoms with Crippen molar-refractivity contribution in [2.75, 3.05) is 13.2 Å². The number of fused-ring (bicyclic) bond motifs is 2. The third-order valence-electron chi connectivity index (χ3n) is 7.49. The highest BCUT2D eigenvalue weighted by atomic mass is 16.5. The smallest absolute Gasteiger partial charge is 0.127 e. The zero-order valence-corrected chi connectivity index (χ0v) is 25.0. The van der Waals surface area contributed by atoms with Crippen molar-refractivity contribution in [1.82, 2.24) is 0 Å². The van der Waals surface area contributed by atoms with Crippen LogP contribution in [0.4, 0.5) is 0 Å². The number of allylic oxidation sites excluding steroid dienone is 2. The van der Waals surface area contributed by atoms with Gasteiger partial charge in [-0.2, -0.15) is 0 Å². The van der Waals surface area contributed by atoms with E-state index in [1.54, 1.807) is 0 Å². The van der Waals surface area contributed by atoms with Gasteiger partial charge in [-0.15, -0.1) is 0 Å². The van der Waals surface area contributed by atoms with Gasteiger partial charge in [0.25, 0.3) is 0 Å². The molecule has 0 heterocycles. The van der Waals surface area contributed by atoms with Crippen molar-refractivity contribution >= 4 is 33.7 Å². The lowest BCUT2D eigenvalue weighted by atomic mass is 9.91. The van der Waals surface area contributed by atoms with Gasteiger partial charge in [-0.25, -0.2) is 0 Å². The molecule has 0 unspecified atom stereocenters. The highest BCUT2D eigenvalue weighted by molar-refractivity contribution is 6.10. The molecule has 0 aliphatic carbocycles. The van der Waals surface area contributed by atoms with Gasteiger partial charge in [0.2, 0.25) is 0 Å². The third-order valence-corrected chi connectivity index (χ3v) is 7.49. The maximum atomic E-state index is 6.57. The van der Waals surface area contributed by atoms with Crippen LogP contribution in [0.5, 0.6) is 11.5 Å². The largest absolute Gasteiger partial charge is 0.493 e. The van der Waals surface area contributed by atoms with Crippen LogP contribution in [0.25, 0.3) is 44.8 Å². The zero-order chi connectivity index (χ0) is 28.2. The third kappa shape index (κ3) is 7.36. The second-order valence-electron chi connectivity index (χ2n) is 10.7. The molecule has 0 saturated carbocycles. The molecule has 0 bridgehead atoms. The molecular formula is C38H46O2. The fourth-order valence-corrected chi connectivity index (χ4v) is 5.43. The van der Waals surface area contributed by atoms with Crippen LogP contribution in [0.15, 0.2) is 72.8 Å². The molecule has 0 amide bonds. The molecule has 210 valence electrons. The summed E-state index contributed by atoms with van der Waals surface area (Å²) in [4.78, 5) is 0. The van der Waals surface area contributed by atoms with E-state index >= 15 is 0 Å². The minimum atomic E-state index is 0.721. The zero-order valence-electron chi connectivity index (χ0n) is 25.0. The number of hydrogen-bond donors (Lipinski definition) is 0. The minimum Gasteiger partial charge on any atom is -0.493 e. The minimum absolute atomic E-state index is 0.721. The average Bonchev–Trinajstić information content (AvgIpc) is 2.97. The summed E-state index contributed by atoms with van der Waals surface area (Å²) in [7, 11) is 0. The highest BCUT2D eigenvalue weighted by Crippen LogP contribution is 2.46. The summed E-state index contributed by atoms with van der Waals surface area (Å²) in [6.45, 7) is 10.1. The van der Waals surface area contributed by atoms with E-state index in [0.717, 1.165) is 48.7 Å². The molecule has 0 fully saturated rings. The lowest BCUT2D eigenvalue weighted by molar-refractivity contribution is 0.302. The molecule has 0 N–H and O–H groups in total. The standard InChI is InChI=1S/C38H46O2/c1-5-9-11-13-25-39-35-23-19-31-27-29(15-7-3)17-21-33(31)37(35)38-34-22-18-30(16-8-4)28-32(34)20-24-36(38)40-26-14-12-10-6-2/h7-8,15-24,27-28H,5-6,9-14,25-26H2,1-4H3/b15-7+,16-8+. The van der Waals surface area contributed by atoms with Gasteiger partial charge in [-0.3, -0.25) is 0 Å². The fourth-order valence-electron chi connectivity index (χ4n) is 5.43. The van der Waals surface area contributed by atoms with Crippen molar-refractivity contribution in [3.63, 3.8) is 0 Å². The van der Waals surface area contributed by atoms with Gasteiger partial charge >= 0.3 is 0 Å². The first kappa shape index (κ1) is 29.5. The van der Waals surface area contributed by atoms with Crippen LogP contribution < -0.4 is 9.47 Å². The summed E-state index contributed by atoms with van der Waals surface area (Å²) < 4.78 is 13.1. The van der Waals surface area contributed by atoms with Crippen molar-refractivity contribution in [2.45, 2.75) is 79.1 Å². The van der Waals surface area contributed by atoms with Crippen LogP contribution in [0, 0.1) is 0 Å². The maximum absolute atomic E-state index is 6.57. The van der Waals surface area contributed by atoms with Crippen molar-refractivity contribution in [1.29, 1.82) is 0 Å². The normalized spacial score (nSPS) is 11.8. The quantitative estimate of drug-likeness (QED) is 0.141. The first-order chi connectivity index (χ1) is 19.7. The topological polar surface area (TPSA) is 18.5 Å². The Morgan fingerprint density at radius 2 is 0.975 bits per heavy atom. The van der Waals surface area contributed by atoms with E-state index < -0.39 is 0 Å². The Morgan fingerprint density at radius 1 is 0.525 bits per heavy atom. The van der Waals surface area contributed by atoms with E-state index in [9.17, 15) is 0 Å². The Bertz CT molecular complexity index is 1330. The summed E-state index contributed by atoms with van der Waals surface area (Å²) in [5, 5.41) is 4.81. The van der Waals surface area contributed by atoms with Crippen LogP contribution >= 0.6 is 0 Å². The van der Waals surface area contributed by atoms with E-state index in [0.29, 0.717) is 0 Å². The van der Waals surface area contributed by atoms with Gasteiger partial charge in [0.15, 0.2) is 0 Å². The van der Waals surface area contributed by atoms with Crippen molar-refractivity contribution < 1.29 is 9.47 Å². The summed E-state index contributed by atoms with van der Waals surface area (Å²) in [6.07, 6.45) is 17.9. The predicted molar refractivity (Wildman–Crippen MR) is 176 cm³/mol. The molecule has 4 aromatic rings. The Balaban J connectivity index is 1.89. The van der Waals surface area contributed by atoms with E-state index in [4.69, 9.17) is 9.47 Å². The van der Waals surface area contributed by atoms with Gasteiger partial charge in [0.1, 0.15) is 11.5 Å². The fraction of sp³-hybridized carbons (Fsp3) is 0.368. The molecule has 40 heavy (non-hydrogen) atoms. The van der Waals surface area contributed by atoms with Gasteiger partial charge in [0.05, 0.1) is 13.2 Å². The van der Waals surface area contributed by atoms with Gasteiger partial charge in [0, 0.05) is 11.1 Å². The lowest BCUT2D eigenvalue weighted by Gasteiger charge is -2.20. The van der Waals surface area contributed by atoms with Crippen molar-refractivity contribution in [3.8, 4) is 22.6 Å². The average molecular weight is 535 g/mol. The summed E-state index contributed by atoms with van der Waals surface area (Å²) in [5.41, 5.74) is 4.67. The molecule has 0 radical (unpaired) electrons. The second kappa shape index (κ2) is 15.3. The van der Waals surface area contributed by atoms with Crippen molar-refractivity contribution in [2.24, 2.45) is 0 Å². The first-order valence-corrected chi connectivity index (χ1v) is 15.3. The molecule has 0 spiro atoms. The summed E-state index contributed by atoms with van der Waals surface area (Å²) in [6, 6.07) is 22.2. The van der Waals surface area contributed by atoms with Crippen LogP contribution in [0.2, 0.25) is 0 Å². The Labute approximate surface area is 241 Å². The lowest BCUT2D eigenvalue weighted by Crippen LogP contribution is -2.03. The number of unbranched alkanes of at least 4 members (excludes halogenated alkanes) is 6. The molecule has 0 aliphatic rings. The molecule has 0 atom stereocenters. The molecule has 4 rings (SSSR count). The van der Waals surface area contributed by atoms with Crippen LogP contribution in [-0.4, -0.2) is 13.2 Å². The molecular weight excluding hydrogens is 488 g/mol. The molecule has 2 nitrogen and oxygen atoms in total. The predicted octanol–water partition coefficient (Wildman–Crippen LogP) is 11.6. The Morgan fingerprint density at radius 3 is 1.38 bits per heavy atom. The van der Waals surface area contributed by atoms with Crippen LogP contribution in [-0.2, 0) is 0 Å². The summed E-state index contributed by atoms with van der Waals surface area (Å²) >= 11 is 0. The van der Waals surface area contributed by atoms with Gasteiger partial charge < -0.3 is 9.47 Å². The van der Waals surface area contributed by atoms with E-state index in [2.05, 4.69) is 113 Å². The first-order valence-electron chi connectivity index (χ1n) is 15.3. The number of hydrogen-bond acceptors (Lipinski definition) is 2. The van der Waals surface area contributed by atoms with Gasteiger partial charge in [-0.05, 0) is 83.6 Å². The van der Waals surface area contributed by atoms with Crippen LogP contribution in [0.3, 0.4) is 0 Å². The number of benzene rings is 4. The highest BCUT2D eigenvalue weighted by Gasteiger charge is 2.19. The Kier molecular flexibility index (Phi) is 11.3. The number of rotatable bonds is 15. The Hall–Kier alpha value is -3.52. The van der Waals surface area contributed by atoms with E-state index in [1.807, 2.05) is 0 Å². The second-order valence-corrected chi connectivity index (χ2v) is 10.7. The van der Waals surface area contributed by atoms with E-state index in [1.165, 1.54) is 71.2 Å². The van der Waals surface area contributed by atoms with Gasteiger partial charge in [-0.1, -0.05) is 113 Å². The van der Waals surface area contributed by atoms with E-state index in [-0.39, 0.29) is 0 Å². The maximum Gasteiger partial charge on any atom is 0.127 e. The van der Waals surface area contributed by atoms with Crippen LogP contribution in [0.1, 0.15) is 90.2 Å². The van der Waals surface area contributed by atoms with Crippen molar-refractivity contribution in [3.05, 3.63) is 83.9 Å². The number of ether oxygens (including phenoxy) is 2. The molecule has 0 aromatic heterocycles. The monoisotopic (exact) mass is 534 g/mol. The SMILES string of the molecule is C/C=C/c1ccc2c(-c3c(OCCCCCC)ccc4cc(/C=C/C)ccc34)c(OCCCCCC)ccc2c1. The molecule has 0 saturated heterocycles. The molecule has 0 aliphatic heterocycles. The molecule has 2 heteroatoms. The summed E-state index contributed by atoms with van der Waals surface area (Å²) in [5.74, 6) is 1.87.